The fourth-order valence-corrected chi connectivity index (χ4v) is 12.5. The molecule has 2 aromatic carbocycles. The molecule has 6 saturated heterocycles. The van der Waals surface area contributed by atoms with Crippen LogP contribution in [0.5, 0.6) is 0 Å². The van der Waals surface area contributed by atoms with Crippen LogP contribution in [0.25, 0.3) is 11.1 Å². The molecule has 9 N–H and O–H groups in total. The smallest absolute Gasteiger partial charge is 0.399 e. The molecule has 3 aromatic heterocycles. The van der Waals surface area contributed by atoms with Gasteiger partial charge in [-0.05, 0) is 209 Å². The van der Waals surface area contributed by atoms with Crippen molar-refractivity contribution in [2.75, 3.05) is 161 Å². The maximum atomic E-state index is 13.0. The normalized spacial score (nSPS) is 19.3. The van der Waals surface area contributed by atoms with E-state index in [0.717, 1.165) is 142 Å². The average Bonchev–Trinajstić information content (AvgIpc) is 1.46. The van der Waals surface area contributed by atoms with Crippen molar-refractivity contribution >= 4 is 137 Å². The topological polar surface area (TPSA) is 270 Å². The Kier molecular flexibility index (Phi) is 35.9. The zero-order chi connectivity index (χ0) is 72.9. The zero-order valence-electron chi connectivity index (χ0n) is 60.3. The molecule has 0 bridgehead atoms. The van der Waals surface area contributed by atoms with Gasteiger partial charge >= 0.3 is 25.4 Å². The summed E-state index contributed by atoms with van der Waals surface area (Å²) in [6.07, 6.45) is -2.51. The molecule has 23 nitrogen and oxygen atoms in total. The summed E-state index contributed by atoms with van der Waals surface area (Å²) >= 11 is 4.37. The van der Waals surface area contributed by atoms with Gasteiger partial charge in [0.1, 0.15) is 29.1 Å². The van der Waals surface area contributed by atoms with Gasteiger partial charge in [-0.15, -0.1) is 0 Å². The number of morpholine rings is 3. The number of aromatic nitrogens is 3. The number of aryl methyl sites for hydroxylation is 2. The molecule has 6 aliphatic rings. The number of benzene rings is 2. The monoisotopic (exact) mass is 1690 g/mol. The lowest BCUT2D eigenvalue weighted by molar-refractivity contribution is -0.143. The van der Waals surface area contributed by atoms with Crippen LogP contribution in [-0.4, -0.2) is 220 Å². The molecule has 0 spiro atoms. The number of rotatable bonds is 16. The van der Waals surface area contributed by atoms with Gasteiger partial charge in [-0.1, -0.05) is 31.0 Å². The Morgan fingerprint density at radius 3 is 1.48 bits per heavy atom. The molecule has 0 unspecified atom stereocenters. The SMILES string of the molecule is CC[C@@H]1CCN(C(=O)Nc2ccc(C)c(-c3cc(N[C@@H](C)CO)nc(N4CCOCC4)c3)c2)C1.C[C@@H](CO)Nc1cc(I)cc(N2CCOCC2)n1.C[C@H](N)CO.Cc1ccc(NC(=O)N2CC[C@@H](CC(F)(F)F)C2)cc1B1OC(C)(C)C(C)(C)O1.Fc1cc(I)cc(N2CCOCC2)n1.S.S. The van der Waals surface area contributed by atoms with E-state index in [1.807, 2.05) is 101 Å². The molecule has 5 atom stereocenters. The Morgan fingerprint density at radius 1 is 0.618 bits per heavy atom. The highest BCUT2D eigenvalue weighted by Crippen LogP contribution is 2.38. The molecular formula is C70H106BF4I2N13O10S2. The first kappa shape index (κ1) is 87.6. The van der Waals surface area contributed by atoms with Crippen LogP contribution in [0.1, 0.15) is 92.2 Å². The van der Waals surface area contributed by atoms with Crippen molar-refractivity contribution in [3.63, 3.8) is 0 Å². The van der Waals surface area contributed by atoms with Gasteiger partial charge in [0.25, 0.3) is 0 Å². The standard InChI is InChI=1S/C26H37N5O3.C20H28BF3N2O3.C12H18IN3O2.C9H10FIN2O.C3H9NO.2H2S/c1-4-20-7-8-31(16-20)26(33)28-22-6-5-18(2)23(15-22)21-13-24(27-19(3)17-32)29-25(14-21)30-9-11-34-12-10-30;1-13-6-7-15(10-16(13)21-28-18(2,3)19(4,5)29-21)25-17(27)26-9-8-14(12-26)11-20(22,23)24;1-9(8-17)14-11-6-10(13)7-12(15-11)16-2-4-18-5-3-16;10-8-5-7(11)6-9(12-8)13-1-3-14-4-2-13;1-3(4)2-5;;/h5-6,13-15,19-20,32H,4,7-12,16-17H2,1-3H3,(H,27,29)(H,28,33);6-7,10,14H,8-9,11-12H2,1-5H3,(H,25,27);6-7,9,17H,2-5,8H2,1H3,(H,14,15);5-6H,1-4H2;3,5H,2,4H2,1H3;2*1H2/t19-,20+;14-;9-;;3-;;/m000.0../s1. The van der Waals surface area contributed by atoms with E-state index in [4.69, 9.17) is 44.5 Å². The number of hydrogen-bond acceptors (Lipinski definition) is 19. The summed E-state index contributed by atoms with van der Waals surface area (Å²) in [6.45, 7) is 31.1. The van der Waals surface area contributed by atoms with Gasteiger partial charge in [0.05, 0.1) is 70.7 Å². The Hall–Kier alpha value is -4.99. The molecule has 102 heavy (non-hydrogen) atoms. The van der Waals surface area contributed by atoms with Crippen molar-refractivity contribution in [3.8, 4) is 11.1 Å². The van der Waals surface area contributed by atoms with Crippen LogP contribution in [0, 0.1) is 38.8 Å². The average molecular weight is 1690 g/mol. The number of halogens is 6. The number of nitrogens with two attached hydrogens (primary N) is 1. The highest BCUT2D eigenvalue weighted by atomic mass is 127. The summed E-state index contributed by atoms with van der Waals surface area (Å²) < 4.78 is 81.0. The van der Waals surface area contributed by atoms with E-state index in [2.05, 4.69) is 112 Å². The summed E-state index contributed by atoms with van der Waals surface area (Å²) in [5.74, 6) is 3.72. The lowest BCUT2D eigenvalue weighted by atomic mass is 9.76. The van der Waals surface area contributed by atoms with Crippen molar-refractivity contribution in [1.29, 1.82) is 0 Å². The van der Waals surface area contributed by atoms with Crippen LogP contribution in [0.15, 0.2) is 72.8 Å². The highest BCUT2D eigenvalue weighted by Gasteiger charge is 2.52. The highest BCUT2D eigenvalue weighted by molar-refractivity contribution is 14.1. The molecule has 6 fully saturated rings. The first-order valence-corrected chi connectivity index (χ1v) is 36.5. The number of urea groups is 2. The minimum atomic E-state index is -4.20. The third-order valence-corrected chi connectivity index (χ3v) is 19.3. The van der Waals surface area contributed by atoms with Gasteiger partial charge < -0.3 is 90.3 Å². The lowest BCUT2D eigenvalue weighted by Gasteiger charge is -2.32. The van der Waals surface area contributed by atoms with Crippen LogP contribution in [0.2, 0.25) is 0 Å². The lowest BCUT2D eigenvalue weighted by Crippen LogP contribution is -2.41. The van der Waals surface area contributed by atoms with Crippen LogP contribution in [0.4, 0.5) is 67.6 Å². The predicted octanol–water partition coefficient (Wildman–Crippen LogP) is 10.6. The molecule has 4 amide bonds. The number of ether oxygens (including phenoxy) is 3. The summed E-state index contributed by atoms with van der Waals surface area (Å²) in [4.78, 5) is 48.4. The summed E-state index contributed by atoms with van der Waals surface area (Å²) in [6, 6.07) is 22.4. The molecule has 0 saturated carbocycles. The first-order chi connectivity index (χ1) is 47.4. The van der Waals surface area contributed by atoms with Gasteiger partial charge in [-0.2, -0.15) is 44.6 Å². The summed E-state index contributed by atoms with van der Waals surface area (Å²) in [7, 11) is -0.556. The van der Waals surface area contributed by atoms with E-state index in [-0.39, 0.29) is 77.5 Å². The number of pyridine rings is 3. The van der Waals surface area contributed by atoms with Crippen molar-refractivity contribution in [1.82, 2.24) is 24.8 Å². The van der Waals surface area contributed by atoms with Crippen molar-refractivity contribution < 1.29 is 66.0 Å². The fraction of sp³-hybridized carbons (Fsp3) is 0.586. The van der Waals surface area contributed by atoms with Crippen molar-refractivity contribution in [2.45, 2.75) is 130 Å². The molecule has 9 heterocycles. The van der Waals surface area contributed by atoms with Gasteiger partial charge in [-0.3, -0.25) is 0 Å². The molecule has 11 rings (SSSR count). The van der Waals surface area contributed by atoms with Crippen LogP contribution < -0.4 is 47.2 Å². The maximum Gasteiger partial charge on any atom is 0.495 e. The van der Waals surface area contributed by atoms with Crippen LogP contribution in [-0.2, 0) is 23.5 Å². The largest absolute Gasteiger partial charge is 0.495 e. The summed E-state index contributed by atoms with van der Waals surface area (Å²) in [5.41, 5.74) is 10.4. The van der Waals surface area contributed by atoms with Gasteiger partial charge in [0, 0.05) is 115 Å². The number of aliphatic hydroxyl groups excluding tert-OH is 3. The number of carbonyl (C=O) groups excluding carboxylic acids is 2. The number of alkyl halides is 3. The molecule has 32 heteroatoms. The minimum Gasteiger partial charge on any atom is -0.399 e. The second kappa shape index (κ2) is 41.8. The molecule has 568 valence electrons. The first-order valence-electron chi connectivity index (χ1n) is 34.3. The third-order valence-electron chi connectivity index (χ3n) is 18.0. The zero-order valence-corrected chi connectivity index (χ0v) is 66.6. The van der Waals surface area contributed by atoms with E-state index in [9.17, 15) is 32.3 Å². The van der Waals surface area contributed by atoms with E-state index < -0.39 is 48.8 Å². The molecular weight excluding hydrogens is 1590 g/mol. The number of aliphatic hydroxyl groups is 3. The van der Waals surface area contributed by atoms with E-state index >= 15 is 0 Å². The Balaban J connectivity index is 0.000000249. The Labute approximate surface area is 640 Å². The molecule has 0 radical (unpaired) electrons. The predicted molar refractivity (Wildman–Crippen MR) is 424 cm³/mol. The van der Waals surface area contributed by atoms with Gasteiger partial charge in [0.2, 0.25) is 5.95 Å². The van der Waals surface area contributed by atoms with Crippen molar-refractivity contribution in [2.24, 2.45) is 17.6 Å². The summed E-state index contributed by atoms with van der Waals surface area (Å²) in [5, 5.41) is 39.0. The number of nitrogens with one attached hydrogen (secondary N) is 4. The second-order valence-electron chi connectivity index (χ2n) is 27.0. The fourth-order valence-electron chi connectivity index (χ4n) is 11.4. The van der Waals surface area contributed by atoms with E-state index in [0.29, 0.717) is 56.8 Å². The quantitative estimate of drug-likeness (QED) is 0.0197. The Bertz CT molecular complexity index is 3390. The van der Waals surface area contributed by atoms with Gasteiger partial charge in [0.15, 0.2) is 0 Å². The number of hydrogen-bond donors (Lipinski definition) is 8. The van der Waals surface area contributed by atoms with E-state index in [1.54, 1.807) is 19.1 Å². The van der Waals surface area contributed by atoms with Crippen LogP contribution >= 0.6 is 72.2 Å². The number of carbonyl (C=O) groups is 2. The number of likely N-dealkylation sites (tertiary alicyclic amines) is 2. The minimum absolute atomic E-state index is 0. The number of amides is 4. The number of nitrogens with zero attached hydrogens (tertiary/aromatic N) is 8. The van der Waals surface area contributed by atoms with E-state index in [1.165, 1.54) is 11.0 Å². The Morgan fingerprint density at radius 2 is 1.04 bits per heavy atom. The second-order valence-corrected chi connectivity index (χ2v) is 29.5. The third kappa shape index (κ3) is 27.4. The molecule has 6 aliphatic heterocycles. The van der Waals surface area contributed by atoms with Crippen LogP contribution in [0.3, 0.4) is 0 Å². The maximum absolute atomic E-state index is 13.0. The molecule has 5 aromatic rings. The van der Waals surface area contributed by atoms with Gasteiger partial charge in [-0.25, -0.2) is 24.5 Å². The molecule has 0 aliphatic carbocycles. The number of anilines is 7. The van der Waals surface area contributed by atoms with Crippen molar-refractivity contribution in [3.05, 3.63) is 97.0 Å².